The average Bonchev–Trinajstić information content (AvgIpc) is 3.57. The number of nitrogens with one attached hydrogen (secondary N) is 1. The number of hydrogen-bond donors (Lipinski definition) is 4. The fraction of sp³-hybridized carbons (Fsp3) is 0.484. The highest BCUT2D eigenvalue weighted by molar-refractivity contribution is 7.52. The Kier molecular flexibility index (Phi) is 9.38. The molecule has 2 aromatic heterocycles. The predicted molar refractivity (Wildman–Crippen MR) is 171 cm³/mol. The summed E-state index contributed by atoms with van der Waals surface area (Å²) in [6, 6.07) is 11.6. The van der Waals surface area contributed by atoms with Gasteiger partial charge in [0.15, 0.2) is 17.4 Å². The second-order valence-corrected chi connectivity index (χ2v) is 13.7. The number of imidazole rings is 1. The van der Waals surface area contributed by atoms with Crippen molar-refractivity contribution >= 4 is 41.6 Å². The molecule has 5 N–H and O–H groups in total. The zero-order valence-corrected chi connectivity index (χ0v) is 27.2. The lowest BCUT2D eigenvalue weighted by Gasteiger charge is -2.28. The molecule has 2 fully saturated rings. The number of benzene rings is 2. The molecular weight excluding hydrogens is 631 g/mol. The number of carbonyl (C=O) groups excluding carboxylic acids is 1. The molecule has 0 radical (unpaired) electrons. The number of nitrogen functional groups attached to an aromatic ring is 1. The molecule has 0 spiro atoms. The molecule has 6 atom stereocenters. The van der Waals surface area contributed by atoms with Crippen LogP contribution in [0.5, 0.6) is 11.6 Å². The third-order valence-electron chi connectivity index (χ3n) is 8.52. The molecule has 2 aromatic carbocycles. The van der Waals surface area contributed by atoms with Crippen LogP contribution in [-0.2, 0) is 23.4 Å². The van der Waals surface area contributed by atoms with Gasteiger partial charge in [0, 0.05) is 5.39 Å². The van der Waals surface area contributed by atoms with Crippen LogP contribution in [0.25, 0.3) is 21.9 Å². The Morgan fingerprint density at radius 1 is 1.19 bits per heavy atom. The highest BCUT2D eigenvalue weighted by Crippen LogP contribution is 2.48. The van der Waals surface area contributed by atoms with Gasteiger partial charge in [-0.25, -0.2) is 9.55 Å². The van der Waals surface area contributed by atoms with Gasteiger partial charge < -0.3 is 34.7 Å². The lowest BCUT2D eigenvalue weighted by atomic mass is 9.96. The Labute approximate surface area is 270 Å². The van der Waals surface area contributed by atoms with Gasteiger partial charge in [0.25, 0.3) is 0 Å². The Morgan fingerprint density at radius 3 is 2.70 bits per heavy atom. The summed E-state index contributed by atoms with van der Waals surface area (Å²) in [6.45, 7) is 2.39. The first kappa shape index (κ1) is 33.1. The van der Waals surface area contributed by atoms with Gasteiger partial charge in [-0.05, 0) is 51.0 Å². The van der Waals surface area contributed by atoms with Crippen LogP contribution >= 0.6 is 7.75 Å². The second-order valence-electron chi connectivity index (χ2n) is 12.0. The minimum absolute atomic E-state index is 0.0945. The molecule has 0 bridgehead atoms. The maximum absolute atomic E-state index is 14.4. The van der Waals surface area contributed by atoms with Crippen molar-refractivity contribution in [2.75, 3.05) is 19.5 Å². The molecule has 3 heterocycles. The van der Waals surface area contributed by atoms with E-state index in [9.17, 15) is 19.6 Å². The van der Waals surface area contributed by atoms with Crippen molar-refractivity contribution in [2.24, 2.45) is 0 Å². The van der Waals surface area contributed by atoms with Crippen molar-refractivity contribution < 1.29 is 42.8 Å². The predicted octanol–water partition coefficient (Wildman–Crippen LogP) is 3.64. The van der Waals surface area contributed by atoms with E-state index in [2.05, 4.69) is 20.0 Å². The number of esters is 1. The summed E-state index contributed by atoms with van der Waals surface area (Å²) in [5.41, 5.74) is 4.43. The van der Waals surface area contributed by atoms with Crippen molar-refractivity contribution in [1.82, 2.24) is 24.6 Å². The number of rotatable bonds is 11. The molecule has 47 heavy (non-hydrogen) atoms. The molecule has 1 saturated heterocycles. The average molecular weight is 671 g/mol. The lowest BCUT2D eigenvalue weighted by molar-refractivity contribution is -0.152. The quantitative estimate of drug-likeness (QED) is 0.133. The van der Waals surface area contributed by atoms with Gasteiger partial charge in [-0.1, -0.05) is 42.8 Å². The van der Waals surface area contributed by atoms with Gasteiger partial charge in [-0.3, -0.25) is 13.9 Å². The molecule has 16 heteroatoms. The number of ether oxygens (including phenoxy) is 3. The van der Waals surface area contributed by atoms with Crippen molar-refractivity contribution in [3.8, 4) is 11.6 Å². The molecule has 15 nitrogen and oxygen atoms in total. The van der Waals surface area contributed by atoms with E-state index in [0.717, 1.165) is 37.5 Å². The number of carbonyl (C=O) groups is 1. The largest absolute Gasteiger partial charge is 0.479 e. The summed E-state index contributed by atoms with van der Waals surface area (Å²) in [6.07, 6.45) is 1.79. The van der Waals surface area contributed by atoms with Gasteiger partial charge in [-0.15, -0.1) is 0 Å². The van der Waals surface area contributed by atoms with Crippen LogP contribution in [0.1, 0.15) is 52.2 Å². The smallest absolute Gasteiger partial charge is 0.459 e. The summed E-state index contributed by atoms with van der Waals surface area (Å²) in [4.78, 5) is 25.6. The van der Waals surface area contributed by atoms with Gasteiger partial charge in [-0.2, -0.15) is 15.1 Å². The molecule has 1 saturated carbocycles. The van der Waals surface area contributed by atoms with Crippen LogP contribution in [-0.4, -0.2) is 79.4 Å². The number of aliphatic hydroxyl groups is 2. The molecule has 0 amide bonds. The maximum atomic E-state index is 14.4. The summed E-state index contributed by atoms with van der Waals surface area (Å²) < 4.78 is 44.8. The molecule has 6 rings (SSSR count). The second kappa shape index (κ2) is 13.3. The summed E-state index contributed by atoms with van der Waals surface area (Å²) >= 11 is 0. The number of aliphatic hydroxyl groups excluding tert-OH is 1. The third-order valence-corrected chi connectivity index (χ3v) is 10.2. The van der Waals surface area contributed by atoms with E-state index >= 15 is 0 Å². The van der Waals surface area contributed by atoms with E-state index in [0.29, 0.717) is 5.39 Å². The summed E-state index contributed by atoms with van der Waals surface area (Å²) in [7, 11) is -2.96. The summed E-state index contributed by atoms with van der Waals surface area (Å²) in [5, 5.41) is 26.8. The Hall–Kier alpha value is -3.85. The monoisotopic (exact) mass is 670 g/mol. The van der Waals surface area contributed by atoms with Crippen LogP contribution in [0.15, 0.2) is 48.8 Å². The topological polar surface area (TPSA) is 202 Å². The van der Waals surface area contributed by atoms with Crippen LogP contribution in [0.2, 0.25) is 0 Å². The van der Waals surface area contributed by atoms with E-state index in [-0.39, 0.29) is 34.8 Å². The van der Waals surface area contributed by atoms with Crippen molar-refractivity contribution in [2.45, 2.75) is 82.1 Å². The first-order valence-corrected chi connectivity index (χ1v) is 17.0. The van der Waals surface area contributed by atoms with Gasteiger partial charge >= 0.3 is 13.7 Å². The first-order chi connectivity index (χ1) is 22.5. The Morgan fingerprint density at radius 2 is 1.94 bits per heavy atom. The van der Waals surface area contributed by atoms with E-state index in [1.807, 2.05) is 30.3 Å². The standard InChI is InChI=1S/C31H39N6O9P/c1-18(28(39)44-20-12-5-4-6-13-20)36-47(41,46-22-15-9-11-19-10-7-8-14-21(19)22)43-16-23-25(38)31(2,40)29(45-23)37-17-33-24-26(37)34-30(32)35-27(24)42-3/h7-11,14-15,17-18,20,23,25,29,38,40H,4-6,12-13,16H2,1-3H3,(H,36,41)(H2,32,34,35). The highest BCUT2D eigenvalue weighted by atomic mass is 31.2. The fourth-order valence-electron chi connectivity index (χ4n) is 6.00. The number of methoxy groups -OCH3 is 1. The highest BCUT2D eigenvalue weighted by Gasteiger charge is 2.54. The molecular formula is C31H39N6O9P. The summed E-state index contributed by atoms with van der Waals surface area (Å²) in [5.74, 6) is -0.312. The van der Waals surface area contributed by atoms with Crippen molar-refractivity contribution in [1.29, 1.82) is 0 Å². The number of nitrogens with zero attached hydrogens (tertiary/aromatic N) is 4. The SMILES string of the molecule is COc1nc(N)nc2c1ncn2C1OC(COP(=O)(NC(C)C(=O)OC2CCCCC2)Oc2cccc3ccccc23)C(O)C1(C)O. The van der Waals surface area contributed by atoms with Crippen LogP contribution in [0, 0.1) is 0 Å². The first-order valence-electron chi connectivity index (χ1n) is 15.5. The Balaban J connectivity index is 1.24. The molecule has 4 aromatic rings. The van der Waals surface area contributed by atoms with Gasteiger partial charge in [0.2, 0.25) is 11.8 Å². The number of aromatic nitrogens is 4. The van der Waals surface area contributed by atoms with Crippen LogP contribution < -0.4 is 20.1 Å². The molecule has 252 valence electrons. The molecule has 2 aliphatic rings. The number of nitrogens with two attached hydrogens (primary N) is 1. The lowest BCUT2D eigenvalue weighted by Crippen LogP contribution is -2.44. The molecule has 6 unspecified atom stereocenters. The normalized spacial score (nSPS) is 25.4. The number of hydrogen-bond acceptors (Lipinski definition) is 13. The van der Waals surface area contributed by atoms with Gasteiger partial charge in [0.1, 0.15) is 35.7 Å². The van der Waals surface area contributed by atoms with Crippen LogP contribution in [0.4, 0.5) is 5.95 Å². The molecule has 1 aliphatic carbocycles. The fourth-order valence-corrected chi connectivity index (χ4v) is 7.52. The Bertz CT molecular complexity index is 1790. The number of fused-ring (bicyclic) bond motifs is 2. The zero-order valence-electron chi connectivity index (χ0n) is 26.3. The zero-order chi connectivity index (χ0) is 33.3. The van der Waals surface area contributed by atoms with Crippen molar-refractivity contribution in [3.05, 3.63) is 48.8 Å². The minimum atomic E-state index is -4.36. The number of anilines is 1. The van der Waals surface area contributed by atoms with E-state index in [1.54, 1.807) is 12.1 Å². The van der Waals surface area contributed by atoms with E-state index in [1.165, 1.54) is 31.9 Å². The van der Waals surface area contributed by atoms with Gasteiger partial charge in [0.05, 0.1) is 20.0 Å². The minimum Gasteiger partial charge on any atom is -0.479 e. The van der Waals surface area contributed by atoms with Crippen LogP contribution in [0.3, 0.4) is 0 Å². The van der Waals surface area contributed by atoms with E-state index < -0.39 is 50.4 Å². The van der Waals surface area contributed by atoms with Crippen molar-refractivity contribution in [3.63, 3.8) is 0 Å². The maximum Gasteiger partial charge on any atom is 0.459 e. The van der Waals surface area contributed by atoms with E-state index in [4.69, 9.17) is 29.0 Å². The third kappa shape index (κ3) is 6.77. The molecule has 1 aliphatic heterocycles.